The van der Waals surface area contributed by atoms with Gasteiger partial charge in [-0.25, -0.2) is 19.9 Å². The third-order valence-electron chi connectivity index (χ3n) is 20.3. The van der Waals surface area contributed by atoms with Crippen LogP contribution < -0.4 is 0 Å². The number of thiophene rings is 2. The van der Waals surface area contributed by atoms with Gasteiger partial charge in [0, 0.05) is 117 Å². The maximum Gasteiger partial charge on any atom is 0.235 e. The largest absolute Gasteiger partial charge is 0.309 e. The molecule has 0 aliphatic rings. The van der Waals surface area contributed by atoms with E-state index in [4.69, 9.17) is 19.9 Å². The molecule has 0 aliphatic heterocycles. The summed E-state index contributed by atoms with van der Waals surface area (Å²) in [5.74, 6) is 1.30. The topological polar surface area (TPSA) is 71.3 Å². The number of para-hydroxylation sites is 6. The van der Waals surface area contributed by atoms with Crippen LogP contribution in [0.25, 0.3) is 196 Å². The smallest absolute Gasteiger partial charge is 0.235 e. The van der Waals surface area contributed by atoms with Crippen LogP contribution in [-0.4, -0.2) is 38.2 Å². The van der Waals surface area contributed by atoms with Crippen molar-refractivity contribution in [1.29, 1.82) is 0 Å². The fourth-order valence-corrected chi connectivity index (χ4v) is 18.1. The Morgan fingerprint density at radius 3 is 1.12 bits per heavy atom. The summed E-state index contributed by atoms with van der Waals surface area (Å²) in [6.45, 7) is 0. The van der Waals surface area contributed by atoms with Crippen LogP contribution in [0, 0.1) is 0 Å². The molecule has 8 nitrogen and oxygen atoms in total. The molecule has 102 heavy (non-hydrogen) atoms. The van der Waals surface area contributed by atoms with Gasteiger partial charge in [-0.3, -0.25) is 9.13 Å². The Bertz CT molecular complexity index is 7120. The zero-order valence-electron chi connectivity index (χ0n) is 54.7. The highest BCUT2D eigenvalue weighted by Crippen LogP contribution is 2.47. The molecule has 22 rings (SSSR count). The maximum absolute atomic E-state index is 5.46. The molecule has 0 N–H and O–H groups in total. The minimum Gasteiger partial charge on any atom is -0.309 e. The molecule has 22 aromatic rings. The van der Waals surface area contributed by atoms with Crippen LogP contribution in [0.3, 0.4) is 0 Å². The fourth-order valence-electron chi connectivity index (χ4n) is 15.9. The molecule has 8 heterocycles. The van der Waals surface area contributed by atoms with Crippen molar-refractivity contribution in [3.8, 4) is 68.3 Å². The zero-order valence-corrected chi connectivity index (χ0v) is 56.4. The predicted molar refractivity (Wildman–Crippen MR) is 429 cm³/mol. The molecule has 0 saturated carbocycles. The van der Waals surface area contributed by atoms with Gasteiger partial charge in [0.05, 0.1) is 66.9 Å². The highest BCUT2D eigenvalue weighted by Gasteiger charge is 2.26. The van der Waals surface area contributed by atoms with Crippen LogP contribution in [0.2, 0.25) is 0 Å². The number of hydrogen-bond acceptors (Lipinski definition) is 6. The summed E-state index contributed by atoms with van der Waals surface area (Å²) >= 11 is 3.66. The van der Waals surface area contributed by atoms with Gasteiger partial charge in [0.25, 0.3) is 0 Å². The third kappa shape index (κ3) is 9.06. The number of fused-ring (bicyclic) bond motifs is 20. The predicted octanol–water partition coefficient (Wildman–Crippen LogP) is 24.7. The maximum atomic E-state index is 5.46. The highest BCUT2D eigenvalue weighted by molar-refractivity contribution is 7.26. The lowest BCUT2D eigenvalue weighted by molar-refractivity contribution is 0.995. The molecule has 476 valence electrons. The Kier molecular flexibility index (Phi) is 13.2. The van der Waals surface area contributed by atoms with Crippen LogP contribution in [0.5, 0.6) is 0 Å². The lowest BCUT2D eigenvalue weighted by Gasteiger charge is -2.13. The molecule has 0 spiro atoms. The van der Waals surface area contributed by atoms with Gasteiger partial charge in [0.15, 0.2) is 0 Å². The second-order valence-corrected chi connectivity index (χ2v) is 28.2. The monoisotopic (exact) mass is 1340 g/mol. The summed E-state index contributed by atoms with van der Waals surface area (Å²) in [7, 11) is 0. The molecule has 10 heteroatoms. The van der Waals surface area contributed by atoms with Gasteiger partial charge >= 0.3 is 0 Å². The van der Waals surface area contributed by atoms with Crippen LogP contribution in [0.15, 0.2) is 340 Å². The van der Waals surface area contributed by atoms with Gasteiger partial charge < -0.3 is 9.13 Å². The molecular weight excluding hydrogens is 1280 g/mol. The van der Waals surface area contributed by atoms with E-state index in [0.29, 0.717) is 11.9 Å². The van der Waals surface area contributed by atoms with Crippen molar-refractivity contribution in [2.24, 2.45) is 0 Å². The molecule has 0 bridgehead atoms. The van der Waals surface area contributed by atoms with Gasteiger partial charge in [-0.1, -0.05) is 237 Å². The first-order chi connectivity index (χ1) is 50.6. The number of aromatic nitrogens is 8. The molecule has 0 aliphatic carbocycles. The van der Waals surface area contributed by atoms with Gasteiger partial charge in [-0.05, 0) is 103 Å². The molecule has 14 aromatic carbocycles. The van der Waals surface area contributed by atoms with Gasteiger partial charge in [0.2, 0.25) is 11.9 Å². The molecule has 0 amide bonds. The van der Waals surface area contributed by atoms with Crippen molar-refractivity contribution in [2.45, 2.75) is 0 Å². The van der Waals surface area contributed by atoms with Crippen LogP contribution in [0.4, 0.5) is 0 Å². The number of hydrogen-bond donors (Lipinski definition) is 0. The van der Waals surface area contributed by atoms with E-state index in [1.54, 1.807) is 0 Å². The standard InChI is InChI=1S/2C46H28N4S/c1-3-14-29(15-4-1)36-28-37(33-21-13-25-42-43(33)35-20-9-12-24-41(35)51-42)48-46(47-36)50-39-23-11-8-19-34(39)44-40(50)27-26-32-31-18-7-10-22-38(31)49(45(32)44)30-16-5-2-6-17-30;1-3-13-29(14-4-1)37-28-38(30-23-26-43-36(27-30)33-18-9-12-22-42(33)51-43)48-46(47-37)50-40-21-11-8-19-35(40)44-41(50)25-24-34-32-17-7-10-20-39(32)49(45(34)44)31-15-5-2-6-16-31/h2*1-28H. The highest BCUT2D eigenvalue weighted by atomic mass is 32.1. The zero-order chi connectivity index (χ0) is 66.9. The average Bonchev–Trinajstić information content (AvgIpc) is 1.55. The second kappa shape index (κ2) is 23.3. The van der Waals surface area contributed by atoms with Crippen molar-refractivity contribution >= 4 is 150 Å². The van der Waals surface area contributed by atoms with Crippen molar-refractivity contribution in [3.63, 3.8) is 0 Å². The first-order valence-electron chi connectivity index (χ1n) is 34.4. The van der Waals surface area contributed by atoms with Crippen LogP contribution in [-0.2, 0) is 0 Å². The van der Waals surface area contributed by atoms with E-state index in [0.717, 1.165) is 78.5 Å². The Morgan fingerprint density at radius 2 is 0.588 bits per heavy atom. The molecular formula is C92H56N8S2. The van der Waals surface area contributed by atoms with Crippen molar-refractivity contribution < 1.29 is 0 Å². The Morgan fingerprint density at radius 1 is 0.206 bits per heavy atom. The molecule has 0 atom stereocenters. The summed E-state index contributed by atoms with van der Waals surface area (Å²) in [6, 6.07) is 121. The minimum atomic E-state index is 0.648. The van der Waals surface area contributed by atoms with Crippen molar-refractivity contribution in [1.82, 2.24) is 38.2 Å². The molecule has 0 radical (unpaired) electrons. The number of rotatable bonds is 8. The van der Waals surface area contributed by atoms with E-state index in [1.165, 1.54) is 106 Å². The number of benzene rings is 14. The van der Waals surface area contributed by atoms with Gasteiger partial charge in [-0.2, -0.15) is 0 Å². The van der Waals surface area contributed by atoms with Gasteiger partial charge in [0.1, 0.15) is 0 Å². The summed E-state index contributed by atoms with van der Waals surface area (Å²) in [4.78, 5) is 21.5. The van der Waals surface area contributed by atoms with Crippen LogP contribution in [0.1, 0.15) is 0 Å². The Hall–Kier alpha value is -13.1. The van der Waals surface area contributed by atoms with Gasteiger partial charge in [-0.15, -0.1) is 22.7 Å². The lowest BCUT2D eigenvalue weighted by atomic mass is 10.0. The molecule has 0 saturated heterocycles. The van der Waals surface area contributed by atoms with E-state index in [-0.39, 0.29) is 0 Å². The van der Waals surface area contributed by atoms with Crippen molar-refractivity contribution in [3.05, 3.63) is 340 Å². The lowest BCUT2D eigenvalue weighted by Crippen LogP contribution is -2.04. The quantitative estimate of drug-likeness (QED) is 0.152. The van der Waals surface area contributed by atoms with E-state index < -0.39 is 0 Å². The molecule has 0 unspecified atom stereocenters. The van der Waals surface area contributed by atoms with E-state index in [1.807, 2.05) is 28.7 Å². The number of nitrogens with zero attached hydrogens (tertiary/aromatic N) is 8. The average molecular weight is 1340 g/mol. The first-order valence-corrected chi connectivity index (χ1v) is 36.0. The SMILES string of the molecule is c1ccc(-c2cc(-c3ccc4sc5ccccc5c4c3)nc(-n3c4ccccc4c4c3ccc3c5ccccc5n(-c5ccccc5)c34)n2)cc1.c1ccc(-c2cc(-c3cccc4sc5ccccc5c34)nc(-n3c4ccccc4c4c3ccc3c5ccccc5n(-c5ccccc5)c34)n2)cc1. The normalized spacial score (nSPS) is 11.9. The van der Waals surface area contributed by atoms with E-state index in [9.17, 15) is 0 Å². The Labute approximate surface area is 592 Å². The first kappa shape index (κ1) is 57.9. The molecule has 0 fully saturated rings. The minimum absolute atomic E-state index is 0.648. The van der Waals surface area contributed by atoms with E-state index >= 15 is 0 Å². The summed E-state index contributed by atoms with van der Waals surface area (Å²) in [6.07, 6.45) is 0. The third-order valence-corrected chi connectivity index (χ3v) is 22.6. The fraction of sp³-hybridized carbons (Fsp3) is 0. The van der Waals surface area contributed by atoms with E-state index in [2.05, 4.69) is 352 Å². The summed E-state index contributed by atoms with van der Waals surface area (Å²) in [5, 5.41) is 14.6. The summed E-state index contributed by atoms with van der Waals surface area (Å²) in [5.41, 5.74) is 19.1. The second-order valence-electron chi connectivity index (χ2n) is 26.0. The Balaban J connectivity index is 0.000000133. The van der Waals surface area contributed by atoms with Crippen molar-refractivity contribution in [2.75, 3.05) is 0 Å². The summed E-state index contributed by atoms with van der Waals surface area (Å²) < 4.78 is 14.4. The van der Waals surface area contributed by atoms with Crippen LogP contribution >= 0.6 is 22.7 Å². The molecule has 8 aromatic heterocycles.